The molecule has 0 spiro atoms. The molecule has 1 aromatic carbocycles. The standard InChI is InChI=1S/C16H14N4O3/c21-15(12-4-3-5-13(10-12)20(22)23)11-19-9-8-18-16(19)14-6-1-2-7-17-14/h1-10,15,21H,11H2. The maximum Gasteiger partial charge on any atom is 0.269 e. The molecule has 23 heavy (non-hydrogen) atoms. The average molecular weight is 310 g/mol. The number of aromatic nitrogens is 3. The number of nitro groups is 1. The van der Waals surface area contributed by atoms with Crippen molar-refractivity contribution in [3.8, 4) is 11.5 Å². The molecule has 1 atom stereocenters. The minimum Gasteiger partial charge on any atom is -0.387 e. The van der Waals surface area contributed by atoms with Crippen LogP contribution in [0.3, 0.4) is 0 Å². The van der Waals surface area contributed by atoms with Gasteiger partial charge < -0.3 is 9.67 Å². The van der Waals surface area contributed by atoms with Gasteiger partial charge in [0.25, 0.3) is 5.69 Å². The van der Waals surface area contributed by atoms with Crippen LogP contribution in [0.2, 0.25) is 0 Å². The number of aliphatic hydroxyl groups is 1. The highest BCUT2D eigenvalue weighted by Crippen LogP contribution is 2.22. The lowest BCUT2D eigenvalue weighted by Gasteiger charge is -2.13. The molecule has 7 nitrogen and oxygen atoms in total. The summed E-state index contributed by atoms with van der Waals surface area (Å²) in [5.74, 6) is 0.634. The lowest BCUT2D eigenvalue weighted by Crippen LogP contribution is -2.10. The van der Waals surface area contributed by atoms with Crippen molar-refractivity contribution in [2.45, 2.75) is 12.6 Å². The third-order valence-electron chi connectivity index (χ3n) is 3.44. The minimum absolute atomic E-state index is 0.0443. The van der Waals surface area contributed by atoms with Crippen molar-refractivity contribution in [1.29, 1.82) is 0 Å². The van der Waals surface area contributed by atoms with Gasteiger partial charge in [0.2, 0.25) is 0 Å². The third-order valence-corrected chi connectivity index (χ3v) is 3.44. The topological polar surface area (TPSA) is 94.1 Å². The van der Waals surface area contributed by atoms with Crippen LogP contribution in [-0.4, -0.2) is 24.6 Å². The van der Waals surface area contributed by atoms with E-state index in [2.05, 4.69) is 9.97 Å². The quantitative estimate of drug-likeness (QED) is 0.577. The van der Waals surface area contributed by atoms with E-state index in [4.69, 9.17) is 0 Å². The number of aliphatic hydroxyl groups excluding tert-OH is 1. The molecule has 116 valence electrons. The van der Waals surface area contributed by atoms with Crippen molar-refractivity contribution in [2.75, 3.05) is 0 Å². The first kappa shape index (κ1) is 14.9. The maximum absolute atomic E-state index is 10.8. The summed E-state index contributed by atoms with van der Waals surface area (Å²) in [6, 6.07) is 11.5. The van der Waals surface area contributed by atoms with Crippen LogP contribution in [0, 0.1) is 10.1 Å². The molecule has 0 bridgehead atoms. The number of pyridine rings is 1. The summed E-state index contributed by atoms with van der Waals surface area (Å²) in [6.45, 7) is 0.229. The molecule has 0 amide bonds. The summed E-state index contributed by atoms with van der Waals surface area (Å²) in [5, 5.41) is 21.2. The van der Waals surface area contributed by atoms with Gasteiger partial charge in [0.1, 0.15) is 5.69 Å². The first-order chi connectivity index (χ1) is 11.1. The first-order valence-electron chi connectivity index (χ1n) is 7.00. The average Bonchev–Trinajstić information content (AvgIpc) is 3.04. The molecule has 2 aromatic heterocycles. The predicted molar refractivity (Wildman–Crippen MR) is 83.5 cm³/mol. The fourth-order valence-corrected chi connectivity index (χ4v) is 2.32. The summed E-state index contributed by atoms with van der Waals surface area (Å²) < 4.78 is 1.77. The first-order valence-corrected chi connectivity index (χ1v) is 7.00. The van der Waals surface area contributed by atoms with Gasteiger partial charge in [0.05, 0.1) is 17.6 Å². The van der Waals surface area contributed by atoms with E-state index < -0.39 is 11.0 Å². The van der Waals surface area contributed by atoms with Gasteiger partial charge in [-0.2, -0.15) is 0 Å². The summed E-state index contributed by atoms with van der Waals surface area (Å²) in [4.78, 5) is 18.9. The summed E-state index contributed by atoms with van der Waals surface area (Å²) in [5.41, 5.74) is 1.14. The van der Waals surface area contributed by atoms with E-state index in [0.717, 1.165) is 0 Å². The number of nitrogens with zero attached hydrogens (tertiary/aromatic N) is 4. The third kappa shape index (κ3) is 3.24. The van der Waals surface area contributed by atoms with Crippen molar-refractivity contribution in [3.63, 3.8) is 0 Å². The lowest BCUT2D eigenvalue weighted by atomic mass is 10.1. The number of hydrogen-bond acceptors (Lipinski definition) is 5. The van der Waals surface area contributed by atoms with Crippen LogP contribution in [0.5, 0.6) is 0 Å². The summed E-state index contributed by atoms with van der Waals surface area (Å²) >= 11 is 0. The van der Waals surface area contributed by atoms with Crippen molar-refractivity contribution in [3.05, 3.63) is 76.7 Å². The fraction of sp³-hybridized carbons (Fsp3) is 0.125. The van der Waals surface area contributed by atoms with E-state index in [0.29, 0.717) is 17.1 Å². The van der Waals surface area contributed by atoms with Gasteiger partial charge in [-0.05, 0) is 17.7 Å². The maximum atomic E-state index is 10.8. The molecule has 3 aromatic rings. The molecule has 0 aliphatic carbocycles. The predicted octanol–water partition coefficient (Wildman–Crippen LogP) is 2.59. The Morgan fingerprint density at radius 2 is 2.04 bits per heavy atom. The van der Waals surface area contributed by atoms with Crippen LogP contribution < -0.4 is 0 Å². The SMILES string of the molecule is O=[N+]([O-])c1cccc(C(O)Cn2ccnc2-c2ccccn2)c1. The molecule has 0 saturated carbocycles. The van der Waals surface area contributed by atoms with Crippen LogP contribution in [0.15, 0.2) is 61.1 Å². The van der Waals surface area contributed by atoms with Crippen molar-refractivity contribution in [2.24, 2.45) is 0 Å². The van der Waals surface area contributed by atoms with Crippen LogP contribution in [0.4, 0.5) is 5.69 Å². The Morgan fingerprint density at radius 1 is 1.17 bits per heavy atom. The number of benzene rings is 1. The van der Waals surface area contributed by atoms with Crippen molar-refractivity contribution < 1.29 is 10.0 Å². The molecule has 0 aliphatic rings. The van der Waals surface area contributed by atoms with E-state index >= 15 is 0 Å². The van der Waals surface area contributed by atoms with Crippen LogP contribution >= 0.6 is 0 Å². The van der Waals surface area contributed by atoms with E-state index in [1.54, 1.807) is 35.3 Å². The Labute approximate surface area is 132 Å². The number of nitro benzene ring substituents is 1. The largest absolute Gasteiger partial charge is 0.387 e. The van der Waals surface area contributed by atoms with E-state index in [1.165, 1.54) is 12.1 Å². The number of hydrogen-bond donors (Lipinski definition) is 1. The van der Waals surface area contributed by atoms with Gasteiger partial charge >= 0.3 is 0 Å². The zero-order valence-electron chi connectivity index (χ0n) is 12.1. The highest BCUT2D eigenvalue weighted by molar-refractivity contribution is 5.49. The Balaban J connectivity index is 1.84. The Kier molecular flexibility index (Phi) is 4.11. The van der Waals surface area contributed by atoms with Gasteiger partial charge in [0.15, 0.2) is 5.82 Å². The highest BCUT2D eigenvalue weighted by Gasteiger charge is 2.15. The van der Waals surface area contributed by atoms with Gasteiger partial charge in [-0.1, -0.05) is 18.2 Å². The zero-order chi connectivity index (χ0) is 16.2. The van der Waals surface area contributed by atoms with E-state index in [9.17, 15) is 15.2 Å². The minimum atomic E-state index is -0.883. The number of rotatable bonds is 5. The van der Waals surface area contributed by atoms with Gasteiger partial charge in [-0.25, -0.2) is 4.98 Å². The van der Waals surface area contributed by atoms with Gasteiger partial charge in [0, 0.05) is 30.7 Å². The molecule has 0 radical (unpaired) electrons. The second kappa shape index (κ2) is 6.37. The molecule has 0 saturated heterocycles. The molecular formula is C16H14N4O3. The highest BCUT2D eigenvalue weighted by atomic mass is 16.6. The van der Waals surface area contributed by atoms with Gasteiger partial charge in [-0.3, -0.25) is 15.1 Å². The monoisotopic (exact) mass is 310 g/mol. The summed E-state index contributed by atoms with van der Waals surface area (Å²) in [6.07, 6.45) is 4.16. The zero-order valence-corrected chi connectivity index (χ0v) is 12.1. The Bertz CT molecular complexity index is 817. The summed E-state index contributed by atoms with van der Waals surface area (Å²) in [7, 11) is 0. The molecular weight excluding hydrogens is 296 g/mol. The molecule has 1 unspecified atom stereocenters. The van der Waals surface area contributed by atoms with E-state index in [-0.39, 0.29) is 12.2 Å². The molecule has 0 aliphatic heterocycles. The van der Waals surface area contributed by atoms with Crippen LogP contribution in [-0.2, 0) is 6.54 Å². The van der Waals surface area contributed by atoms with Crippen LogP contribution in [0.1, 0.15) is 11.7 Å². The normalized spacial score (nSPS) is 12.0. The molecule has 0 fully saturated rings. The Hall–Kier alpha value is -3.06. The molecule has 1 N–H and O–H groups in total. The van der Waals surface area contributed by atoms with Crippen molar-refractivity contribution in [1.82, 2.24) is 14.5 Å². The molecule has 2 heterocycles. The number of imidazole rings is 1. The Morgan fingerprint density at radius 3 is 2.78 bits per heavy atom. The smallest absolute Gasteiger partial charge is 0.269 e. The van der Waals surface area contributed by atoms with Gasteiger partial charge in [-0.15, -0.1) is 0 Å². The lowest BCUT2D eigenvalue weighted by molar-refractivity contribution is -0.385. The fourth-order valence-electron chi connectivity index (χ4n) is 2.32. The molecule has 3 rings (SSSR count). The number of non-ortho nitro benzene ring substituents is 1. The second-order valence-corrected chi connectivity index (χ2v) is 4.99. The van der Waals surface area contributed by atoms with E-state index in [1.807, 2.05) is 18.2 Å². The second-order valence-electron chi connectivity index (χ2n) is 4.99. The molecule has 7 heteroatoms. The van der Waals surface area contributed by atoms with Crippen LogP contribution in [0.25, 0.3) is 11.5 Å². The van der Waals surface area contributed by atoms with Crippen molar-refractivity contribution >= 4 is 5.69 Å².